The molecule has 0 amide bonds. The largest absolute Gasteiger partial charge is 0.315 e. The molecule has 0 aromatic rings. The van der Waals surface area contributed by atoms with Gasteiger partial charge >= 0.3 is 0 Å². The smallest absolute Gasteiger partial charge is 0.0278 e. The Kier molecular flexibility index (Phi) is 7.20. The molecule has 3 nitrogen and oxygen atoms in total. The topological polar surface area (TPSA) is 27.3 Å². The van der Waals surface area contributed by atoms with Gasteiger partial charge in [0, 0.05) is 38.3 Å². The van der Waals surface area contributed by atoms with Crippen LogP contribution < -0.4 is 10.6 Å². The summed E-state index contributed by atoms with van der Waals surface area (Å²) in [5.74, 6) is 0.849. The normalized spacial score (nSPS) is 18.5. The van der Waals surface area contributed by atoms with Crippen LogP contribution in [-0.2, 0) is 0 Å². The van der Waals surface area contributed by atoms with Crippen LogP contribution in [-0.4, -0.2) is 49.7 Å². The number of rotatable bonds is 8. The van der Waals surface area contributed by atoms with Crippen LogP contribution in [0.5, 0.6) is 0 Å². The van der Waals surface area contributed by atoms with Crippen molar-refractivity contribution in [2.24, 2.45) is 5.92 Å². The van der Waals surface area contributed by atoms with Crippen LogP contribution in [0.25, 0.3) is 0 Å². The van der Waals surface area contributed by atoms with Gasteiger partial charge in [-0.15, -0.1) is 0 Å². The molecular formula is C15H33N3. The van der Waals surface area contributed by atoms with Gasteiger partial charge in [0.15, 0.2) is 0 Å². The molecule has 3 heteroatoms. The molecule has 0 saturated carbocycles. The van der Waals surface area contributed by atoms with Crippen LogP contribution in [0.3, 0.4) is 0 Å². The highest BCUT2D eigenvalue weighted by Gasteiger charge is 2.26. The lowest BCUT2D eigenvalue weighted by Crippen LogP contribution is -2.57. The van der Waals surface area contributed by atoms with Crippen LogP contribution in [0.4, 0.5) is 0 Å². The molecule has 0 aromatic heterocycles. The SMILES string of the molecule is CC(C)CCCCNCC(C)(C)N1CCNCC1. The zero-order chi connectivity index (χ0) is 13.4. The predicted molar refractivity (Wildman–Crippen MR) is 80.1 cm³/mol. The summed E-state index contributed by atoms with van der Waals surface area (Å²) in [7, 11) is 0. The van der Waals surface area contributed by atoms with E-state index in [4.69, 9.17) is 0 Å². The average Bonchev–Trinajstić information content (AvgIpc) is 2.34. The molecule has 0 spiro atoms. The Morgan fingerprint density at radius 3 is 2.44 bits per heavy atom. The van der Waals surface area contributed by atoms with E-state index in [1.165, 1.54) is 38.9 Å². The van der Waals surface area contributed by atoms with E-state index in [2.05, 4.69) is 43.2 Å². The second-order valence-corrected chi connectivity index (χ2v) is 6.62. The maximum atomic E-state index is 3.63. The van der Waals surface area contributed by atoms with Gasteiger partial charge < -0.3 is 10.6 Å². The van der Waals surface area contributed by atoms with Crippen molar-refractivity contribution in [3.8, 4) is 0 Å². The molecular weight excluding hydrogens is 222 g/mol. The zero-order valence-electron chi connectivity index (χ0n) is 12.9. The van der Waals surface area contributed by atoms with Crippen molar-refractivity contribution in [2.45, 2.75) is 52.5 Å². The standard InChI is InChI=1S/C15H33N3/c1-14(2)7-5-6-8-17-13-15(3,4)18-11-9-16-10-12-18/h14,16-17H,5-13H2,1-4H3. The molecule has 0 unspecified atom stereocenters. The highest BCUT2D eigenvalue weighted by atomic mass is 15.2. The van der Waals surface area contributed by atoms with Crippen molar-refractivity contribution in [3.63, 3.8) is 0 Å². The quantitative estimate of drug-likeness (QED) is 0.650. The third kappa shape index (κ3) is 6.17. The van der Waals surface area contributed by atoms with E-state index in [9.17, 15) is 0 Å². The highest BCUT2D eigenvalue weighted by molar-refractivity contribution is 4.86. The van der Waals surface area contributed by atoms with Crippen molar-refractivity contribution in [1.29, 1.82) is 0 Å². The van der Waals surface area contributed by atoms with E-state index in [0.717, 1.165) is 25.6 Å². The summed E-state index contributed by atoms with van der Waals surface area (Å²) in [5, 5.41) is 7.05. The van der Waals surface area contributed by atoms with Crippen molar-refractivity contribution in [3.05, 3.63) is 0 Å². The Balaban J connectivity index is 2.09. The van der Waals surface area contributed by atoms with Gasteiger partial charge in [-0.3, -0.25) is 4.90 Å². The summed E-state index contributed by atoms with van der Waals surface area (Å²) in [6, 6.07) is 0. The Morgan fingerprint density at radius 2 is 1.83 bits per heavy atom. The zero-order valence-corrected chi connectivity index (χ0v) is 12.9. The molecule has 1 fully saturated rings. The van der Waals surface area contributed by atoms with E-state index in [1.54, 1.807) is 0 Å². The summed E-state index contributed by atoms with van der Waals surface area (Å²) in [4.78, 5) is 2.60. The lowest BCUT2D eigenvalue weighted by atomic mass is 10.0. The highest BCUT2D eigenvalue weighted by Crippen LogP contribution is 2.14. The van der Waals surface area contributed by atoms with E-state index < -0.39 is 0 Å². The van der Waals surface area contributed by atoms with Gasteiger partial charge in [0.2, 0.25) is 0 Å². The molecule has 1 saturated heterocycles. The molecule has 0 atom stereocenters. The predicted octanol–water partition coefficient (Wildman–Crippen LogP) is 2.09. The number of unbranched alkanes of at least 4 members (excludes halogenated alkanes) is 1. The van der Waals surface area contributed by atoms with Crippen LogP contribution in [0.15, 0.2) is 0 Å². The van der Waals surface area contributed by atoms with E-state index in [1.807, 2.05) is 0 Å². The monoisotopic (exact) mass is 255 g/mol. The Hall–Kier alpha value is -0.120. The van der Waals surface area contributed by atoms with Crippen LogP contribution >= 0.6 is 0 Å². The van der Waals surface area contributed by atoms with Gasteiger partial charge in [-0.2, -0.15) is 0 Å². The fourth-order valence-electron chi connectivity index (χ4n) is 2.58. The summed E-state index contributed by atoms with van der Waals surface area (Å²) >= 11 is 0. The summed E-state index contributed by atoms with van der Waals surface area (Å²) in [6.45, 7) is 16.2. The maximum Gasteiger partial charge on any atom is 0.0278 e. The van der Waals surface area contributed by atoms with E-state index in [0.29, 0.717) is 5.54 Å². The third-order valence-electron chi connectivity index (χ3n) is 3.92. The van der Waals surface area contributed by atoms with Crippen molar-refractivity contribution < 1.29 is 0 Å². The number of hydrogen-bond donors (Lipinski definition) is 2. The molecule has 1 rings (SSSR count). The minimum Gasteiger partial charge on any atom is -0.315 e. The molecule has 1 heterocycles. The molecule has 1 aliphatic heterocycles. The molecule has 108 valence electrons. The number of nitrogens with one attached hydrogen (secondary N) is 2. The molecule has 18 heavy (non-hydrogen) atoms. The second-order valence-electron chi connectivity index (χ2n) is 6.62. The first-order valence-corrected chi connectivity index (χ1v) is 7.69. The second kappa shape index (κ2) is 8.13. The van der Waals surface area contributed by atoms with Gasteiger partial charge in [0.1, 0.15) is 0 Å². The fraction of sp³-hybridized carbons (Fsp3) is 1.00. The van der Waals surface area contributed by atoms with Gasteiger partial charge in [-0.05, 0) is 32.7 Å². The molecule has 0 aliphatic carbocycles. The van der Waals surface area contributed by atoms with Gasteiger partial charge in [0.05, 0.1) is 0 Å². The van der Waals surface area contributed by atoms with Crippen molar-refractivity contribution in [1.82, 2.24) is 15.5 Å². The van der Waals surface area contributed by atoms with Crippen LogP contribution in [0, 0.1) is 5.92 Å². The first kappa shape index (κ1) is 15.9. The van der Waals surface area contributed by atoms with Crippen LogP contribution in [0.1, 0.15) is 47.0 Å². The Bertz CT molecular complexity index is 208. The first-order valence-electron chi connectivity index (χ1n) is 7.69. The van der Waals surface area contributed by atoms with Crippen molar-refractivity contribution in [2.75, 3.05) is 39.3 Å². The summed E-state index contributed by atoms with van der Waals surface area (Å²) in [5.41, 5.74) is 0.292. The van der Waals surface area contributed by atoms with E-state index >= 15 is 0 Å². The Morgan fingerprint density at radius 1 is 1.17 bits per heavy atom. The van der Waals surface area contributed by atoms with Gasteiger partial charge in [0.25, 0.3) is 0 Å². The molecule has 0 radical (unpaired) electrons. The molecule has 1 aliphatic rings. The molecule has 0 aromatic carbocycles. The van der Waals surface area contributed by atoms with Crippen LogP contribution in [0.2, 0.25) is 0 Å². The number of hydrogen-bond acceptors (Lipinski definition) is 3. The number of nitrogens with zero attached hydrogens (tertiary/aromatic N) is 1. The minimum atomic E-state index is 0.292. The average molecular weight is 255 g/mol. The van der Waals surface area contributed by atoms with Gasteiger partial charge in [-0.1, -0.05) is 26.7 Å². The molecule has 0 bridgehead atoms. The lowest BCUT2D eigenvalue weighted by Gasteiger charge is -2.41. The fourth-order valence-corrected chi connectivity index (χ4v) is 2.58. The van der Waals surface area contributed by atoms with Gasteiger partial charge in [-0.25, -0.2) is 0 Å². The first-order chi connectivity index (χ1) is 8.52. The number of piperazine rings is 1. The lowest BCUT2D eigenvalue weighted by molar-refractivity contribution is 0.102. The summed E-state index contributed by atoms with van der Waals surface area (Å²) in [6.07, 6.45) is 4.04. The van der Waals surface area contributed by atoms with Crippen molar-refractivity contribution >= 4 is 0 Å². The molecule has 2 N–H and O–H groups in total. The summed E-state index contributed by atoms with van der Waals surface area (Å²) < 4.78 is 0. The third-order valence-corrected chi connectivity index (χ3v) is 3.92. The minimum absolute atomic E-state index is 0.292. The Labute approximate surface area is 114 Å². The van der Waals surface area contributed by atoms with E-state index in [-0.39, 0.29) is 0 Å². The maximum absolute atomic E-state index is 3.63.